The number of ether oxygens (including phenoxy) is 5. The largest absolute Gasteiger partial charge is 0.388 e. The van der Waals surface area contributed by atoms with Gasteiger partial charge in [-0.25, -0.2) is 0 Å². The van der Waals surface area contributed by atoms with Gasteiger partial charge in [-0.1, -0.05) is 34.6 Å². The molecule has 8 rings (SSSR count). The van der Waals surface area contributed by atoms with E-state index in [0.29, 0.717) is 17.8 Å². The third kappa shape index (κ3) is 3.57. The quantitative estimate of drug-likeness (QED) is 0.342. The third-order valence-electron chi connectivity index (χ3n) is 16.4. The van der Waals surface area contributed by atoms with E-state index in [9.17, 15) is 20.4 Å². The SMILES string of the molecule is COC(C)(C)[C@H]1OC23O[C@@H]1C[C@@H](C)[C@@H]2[C@@]1(C)CC[C@@]24C[C@@]25CC[C@H](O[C@@H]2OC[C@@H](O)[C@H](O)[C@H]2O)C(C)(C)[C@@H]5CC[C@H]4[C@]1(C)[C@H]3O. The van der Waals surface area contributed by atoms with Gasteiger partial charge in [-0.05, 0) is 105 Å². The van der Waals surface area contributed by atoms with Crippen molar-refractivity contribution in [2.45, 2.75) is 160 Å². The van der Waals surface area contributed by atoms with Crippen molar-refractivity contribution in [3.05, 3.63) is 0 Å². The summed E-state index contributed by atoms with van der Waals surface area (Å²) in [5, 5.41) is 43.6. The Balaban J connectivity index is 1.10. The van der Waals surface area contributed by atoms with Crippen molar-refractivity contribution >= 4 is 0 Å². The highest BCUT2D eigenvalue weighted by atomic mass is 16.8. The Labute approximate surface area is 268 Å². The fourth-order valence-electron chi connectivity index (χ4n) is 14.1. The van der Waals surface area contributed by atoms with Crippen molar-refractivity contribution in [1.29, 1.82) is 0 Å². The fraction of sp³-hybridized carbons (Fsp3) is 1.00. The normalized spacial score (nSPS) is 61.1. The van der Waals surface area contributed by atoms with Gasteiger partial charge in [0.25, 0.3) is 0 Å². The summed E-state index contributed by atoms with van der Waals surface area (Å²) in [5.41, 5.74) is -0.717. The Kier molecular flexibility index (Phi) is 6.69. The lowest BCUT2D eigenvalue weighted by Crippen LogP contribution is -2.61. The van der Waals surface area contributed by atoms with Crippen molar-refractivity contribution in [1.82, 2.24) is 0 Å². The maximum atomic E-state index is 12.8. The molecule has 8 aliphatic rings. The molecule has 1 unspecified atom stereocenters. The van der Waals surface area contributed by atoms with Crippen molar-refractivity contribution in [2.24, 2.45) is 50.7 Å². The van der Waals surface area contributed by atoms with Crippen LogP contribution in [0.2, 0.25) is 0 Å². The third-order valence-corrected chi connectivity index (χ3v) is 16.4. The van der Waals surface area contributed by atoms with E-state index < -0.39 is 42.1 Å². The van der Waals surface area contributed by atoms with E-state index in [0.717, 1.165) is 38.5 Å². The van der Waals surface area contributed by atoms with Crippen molar-refractivity contribution in [3.63, 3.8) is 0 Å². The lowest BCUT2D eigenvalue weighted by Gasteiger charge is -2.63. The van der Waals surface area contributed by atoms with Crippen LogP contribution in [0, 0.1) is 50.7 Å². The van der Waals surface area contributed by atoms with Crippen LogP contribution in [0.5, 0.6) is 0 Å². The maximum Gasteiger partial charge on any atom is 0.199 e. The molecule has 45 heavy (non-hydrogen) atoms. The van der Waals surface area contributed by atoms with Crippen LogP contribution in [0.3, 0.4) is 0 Å². The summed E-state index contributed by atoms with van der Waals surface area (Å²) in [7, 11) is 1.74. The zero-order chi connectivity index (χ0) is 32.3. The molecule has 8 fully saturated rings. The first-order valence-corrected chi connectivity index (χ1v) is 17.9. The average molecular weight is 635 g/mol. The molecule has 3 saturated heterocycles. The Morgan fingerprint density at radius 3 is 2.24 bits per heavy atom. The van der Waals surface area contributed by atoms with E-state index in [2.05, 4.69) is 48.5 Å². The first-order valence-electron chi connectivity index (χ1n) is 17.9. The first-order chi connectivity index (χ1) is 21.0. The molecule has 4 N–H and O–H groups in total. The predicted molar refractivity (Wildman–Crippen MR) is 164 cm³/mol. The van der Waals surface area contributed by atoms with Gasteiger partial charge in [0.15, 0.2) is 12.1 Å². The molecule has 0 aromatic carbocycles. The second-order valence-electron chi connectivity index (χ2n) is 18.4. The summed E-state index contributed by atoms with van der Waals surface area (Å²) in [6.07, 6.45) is 2.70. The lowest BCUT2D eigenvalue weighted by atomic mass is 9.41. The van der Waals surface area contributed by atoms with Gasteiger partial charge < -0.3 is 44.1 Å². The molecule has 5 aliphatic carbocycles. The minimum atomic E-state index is -1.28. The predicted octanol–water partition coefficient (Wildman–Crippen LogP) is 3.78. The number of rotatable bonds is 4. The van der Waals surface area contributed by atoms with Crippen LogP contribution >= 0.6 is 0 Å². The highest BCUT2D eigenvalue weighted by molar-refractivity contribution is 5.34. The van der Waals surface area contributed by atoms with Gasteiger partial charge >= 0.3 is 0 Å². The Morgan fingerprint density at radius 1 is 0.844 bits per heavy atom. The second kappa shape index (κ2) is 9.45. The van der Waals surface area contributed by atoms with Crippen LogP contribution in [0.15, 0.2) is 0 Å². The Bertz CT molecular complexity index is 1220. The molecule has 17 atom stereocenters. The zero-order valence-corrected chi connectivity index (χ0v) is 28.6. The van der Waals surface area contributed by atoms with E-state index >= 15 is 0 Å². The molecule has 0 radical (unpaired) electrons. The summed E-state index contributed by atoms with van der Waals surface area (Å²) in [5.74, 6) is 0.346. The molecule has 2 bridgehead atoms. The Morgan fingerprint density at radius 2 is 1.53 bits per heavy atom. The molecule has 3 aliphatic heterocycles. The van der Waals surface area contributed by atoms with E-state index in [4.69, 9.17) is 23.7 Å². The second-order valence-corrected chi connectivity index (χ2v) is 18.4. The van der Waals surface area contributed by atoms with Gasteiger partial charge in [-0.3, -0.25) is 0 Å². The molecule has 3 heterocycles. The van der Waals surface area contributed by atoms with E-state index in [1.165, 1.54) is 12.8 Å². The molecule has 3 spiro atoms. The van der Waals surface area contributed by atoms with E-state index in [1.54, 1.807) is 7.11 Å². The van der Waals surface area contributed by atoms with Gasteiger partial charge in [0.05, 0.1) is 24.4 Å². The zero-order valence-electron chi connectivity index (χ0n) is 28.6. The maximum absolute atomic E-state index is 12.8. The molecule has 9 heteroatoms. The molecule has 0 aromatic rings. The summed E-state index contributed by atoms with van der Waals surface area (Å²) < 4.78 is 32.1. The number of aliphatic hydroxyl groups is 4. The van der Waals surface area contributed by atoms with Gasteiger partial charge in [0.2, 0.25) is 0 Å². The smallest absolute Gasteiger partial charge is 0.199 e. The summed E-state index contributed by atoms with van der Waals surface area (Å²) in [6, 6.07) is 0. The standard InChI is InChI=1S/C36H58O9/c1-18-15-20-27(31(4,5)41-8)45-36(44-20)26(18)32(6)13-14-35-17-34(35)12-11-23(43-28-25(39)24(38)19(37)16-42-28)30(2,3)21(34)9-10-22(35)33(32,7)29(36)40/h18-29,37-40H,9-17H2,1-8H3/t18-,19-,20-,21+,22+,23+,24+,25-,26-,27+,28+,29-,32-,33-,34-,35+,36?/m1/s1. The summed E-state index contributed by atoms with van der Waals surface area (Å²) in [6.45, 7) is 16.0. The first kappa shape index (κ1) is 31.9. The van der Waals surface area contributed by atoms with Crippen molar-refractivity contribution < 1.29 is 44.1 Å². The molecule has 9 nitrogen and oxygen atoms in total. The molecular weight excluding hydrogens is 576 g/mol. The highest BCUT2D eigenvalue weighted by Crippen LogP contribution is 2.90. The van der Waals surface area contributed by atoms with Crippen LogP contribution in [-0.4, -0.2) is 94.5 Å². The van der Waals surface area contributed by atoms with E-state index in [-0.39, 0.29) is 57.9 Å². The van der Waals surface area contributed by atoms with Gasteiger partial charge in [-0.2, -0.15) is 0 Å². The van der Waals surface area contributed by atoms with E-state index in [1.807, 2.05) is 0 Å². The lowest BCUT2D eigenvalue weighted by molar-refractivity contribution is -0.303. The van der Waals surface area contributed by atoms with Gasteiger partial charge in [-0.15, -0.1) is 0 Å². The van der Waals surface area contributed by atoms with Crippen LogP contribution in [0.25, 0.3) is 0 Å². The van der Waals surface area contributed by atoms with Crippen LogP contribution in [-0.2, 0) is 23.7 Å². The van der Waals surface area contributed by atoms with Crippen LogP contribution < -0.4 is 0 Å². The molecule has 5 saturated carbocycles. The minimum absolute atomic E-state index is 0.0487. The highest BCUT2D eigenvalue weighted by Gasteiger charge is 2.88. The molecule has 0 aromatic heterocycles. The van der Waals surface area contributed by atoms with Gasteiger partial charge in [0, 0.05) is 18.4 Å². The molecule has 0 amide bonds. The topological polar surface area (TPSA) is 127 Å². The Hall–Kier alpha value is -0.360. The van der Waals surface area contributed by atoms with Crippen molar-refractivity contribution in [3.8, 4) is 0 Å². The van der Waals surface area contributed by atoms with Gasteiger partial charge in [0.1, 0.15) is 30.5 Å². The number of fused-ring (bicyclic) bond motifs is 4. The monoisotopic (exact) mass is 634 g/mol. The summed E-state index contributed by atoms with van der Waals surface area (Å²) >= 11 is 0. The summed E-state index contributed by atoms with van der Waals surface area (Å²) in [4.78, 5) is 0. The van der Waals surface area contributed by atoms with Crippen LogP contribution in [0.4, 0.5) is 0 Å². The number of aliphatic hydroxyl groups excluding tert-OH is 4. The molecule has 256 valence electrons. The fourth-order valence-corrected chi connectivity index (χ4v) is 14.1. The van der Waals surface area contributed by atoms with Crippen LogP contribution in [0.1, 0.15) is 99.8 Å². The molecular formula is C36H58O9. The minimum Gasteiger partial charge on any atom is -0.388 e. The van der Waals surface area contributed by atoms with Crippen molar-refractivity contribution in [2.75, 3.05) is 13.7 Å². The number of hydrogen-bond donors (Lipinski definition) is 4. The average Bonchev–Trinajstić information content (AvgIpc) is 3.50. The number of hydrogen-bond acceptors (Lipinski definition) is 9. The number of methoxy groups -OCH3 is 1.